The van der Waals surface area contributed by atoms with Crippen LogP contribution in [0.25, 0.3) is 11.3 Å². The van der Waals surface area contributed by atoms with E-state index in [2.05, 4.69) is 9.97 Å². The van der Waals surface area contributed by atoms with E-state index in [-0.39, 0.29) is 23.0 Å². The normalized spacial score (nSPS) is 10.2. The molecule has 19 heavy (non-hydrogen) atoms. The van der Waals surface area contributed by atoms with Crippen molar-refractivity contribution >= 4 is 11.8 Å². The van der Waals surface area contributed by atoms with E-state index in [1.165, 1.54) is 0 Å². The highest BCUT2D eigenvalue weighted by Gasteiger charge is 2.20. The summed E-state index contributed by atoms with van der Waals surface area (Å²) in [5.74, 6) is -5.08. The van der Waals surface area contributed by atoms with E-state index in [0.717, 1.165) is 6.07 Å². The van der Waals surface area contributed by atoms with Gasteiger partial charge in [-0.15, -0.1) is 0 Å². The van der Waals surface area contributed by atoms with Crippen LogP contribution in [0, 0.1) is 28.8 Å². The van der Waals surface area contributed by atoms with Crippen molar-refractivity contribution < 1.29 is 13.2 Å². The van der Waals surface area contributed by atoms with Crippen LogP contribution in [0.3, 0.4) is 0 Å². The zero-order valence-corrected chi connectivity index (χ0v) is 9.28. The quantitative estimate of drug-likeness (QED) is 0.762. The van der Waals surface area contributed by atoms with Gasteiger partial charge in [-0.25, -0.2) is 18.2 Å². The summed E-state index contributed by atoms with van der Waals surface area (Å²) in [5.41, 5.74) is 9.81. The highest BCUT2D eigenvalue weighted by molar-refractivity contribution is 5.73. The fourth-order valence-corrected chi connectivity index (χ4v) is 1.51. The van der Waals surface area contributed by atoms with Crippen LogP contribution < -0.4 is 11.5 Å². The van der Waals surface area contributed by atoms with Crippen LogP contribution >= 0.6 is 0 Å². The van der Waals surface area contributed by atoms with Gasteiger partial charge in [-0.1, -0.05) is 0 Å². The number of hydrogen-bond donors (Lipinski definition) is 2. The first kappa shape index (κ1) is 12.6. The molecule has 0 saturated carbocycles. The van der Waals surface area contributed by atoms with Crippen molar-refractivity contribution in [2.45, 2.75) is 0 Å². The molecule has 8 heteroatoms. The highest BCUT2D eigenvalue weighted by Crippen LogP contribution is 2.29. The summed E-state index contributed by atoms with van der Waals surface area (Å²) in [6.45, 7) is 0. The zero-order valence-electron chi connectivity index (χ0n) is 9.28. The van der Waals surface area contributed by atoms with E-state index in [1.54, 1.807) is 6.07 Å². The van der Waals surface area contributed by atoms with Crippen molar-refractivity contribution in [3.05, 3.63) is 35.1 Å². The van der Waals surface area contributed by atoms with Gasteiger partial charge in [-0.3, -0.25) is 0 Å². The third kappa shape index (κ3) is 2.01. The number of nitrogens with two attached hydrogens (primary N) is 2. The first-order valence-electron chi connectivity index (χ1n) is 4.92. The second-order valence-corrected chi connectivity index (χ2v) is 3.53. The number of nitrogens with zero attached hydrogens (tertiary/aromatic N) is 3. The molecule has 0 aliphatic rings. The van der Waals surface area contributed by atoms with Crippen LogP contribution in [0.2, 0.25) is 0 Å². The van der Waals surface area contributed by atoms with E-state index in [0.29, 0.717) is 6.07 Å². The van der Waals surface area contributed by atoms with Gasteiger partial charge in [-0.2, -0.15) is 10.2 Å². The van der Waals surface area contributed by atoms with Crippen molar-refractivity contribution in [2.75, 3.05) is 11.5 Å². The number of hydrogen-bond acceptors (Lipinski definition) is 5. The van der Waals surface area contributed by atoms with Gasteiger partial charge in [0.25, 0.3) is 0 Å². The molecule has 0 radical (unpaired) electrons. The molecule has 0 bridgehead atoms. The Bertz CT molecular complexity index is 708. The molecule has 0 aliphatic heterocycles. The summed E-state index contributed by atoms with van der Waals surface area (Å²) >= 11 is 0. The van der Waals surface area contributed by atoms with Crippen molar-refractivity contribution in [3.63, 3.8) is 0 Å². The number of rotatable bonds is 1. The molecule has 2 aromatic rings. The fourth-order valence-electron chi connectivity index (χ4n) is 1.51. The lowest BCUT2D eigenvalue weighted by Gasteiger charge is -2.08. The van der Waals surface area contributed by atoms with Crippen molar-refractivity contribution in [1.82, 2.24) is 9.97 Å². The summed E-state index contributed by atoms with van der Waals surface area (Å²) in [6, 6.07) is 3.31. The summed E-state index contributed by atoms with van der Waals surface area (Å²) in [4.78, 5) is 7.17. The smallest absolute Gasteiger partial charge is 0.222 e. The monoisotopic (exact) mass is 265 g/mol. The molecule has 96 valence electrons. The van der Waals surface area contributed by atoms with Crippen LogP contribution in [0.1, 0.15) is 5.56 Å². The van der Waals surface area contributed by atoms with E-state index in [9.17, 15) is 13.2 Å². The van der Waals surface area contributed by atoms with E-state index in [1.807, 2.05) is 0 Å². The molecule has 0 saturated heterocycles. The lowest BCUT2D eigenvalue weighted by atomic mass is 10.1. The minimum atomic E-state index is -1.67. The van der Waals surface area contributed by atoms with Gasteiger partial charge in [0, 0.05) is 5.56 Å². The summed E-state index contributed by atoms with van der Waals surface area (Å²) in [5, 5.41) is 8.93. The number of halogens is 3. The largest absolute Gasteiger partial charge is 0.382 e. The van der Waals surface area contributed by atoms with Gasteiger partial charge < -0.3 is 11.5 Å². The van der Waals surface area contributed by atoms with Gasteiger partial charge in [0.15, 0.2) is 17.5 Å². The first-order valence-corrected chi connectivity index (χ1v) is 4.92. The fraction of sp³-hybridized carbons (Fsp3) is 0. The van der Waals surface area contributed by atoms with Crippen molar-refractivity contribution in [1.29, 1.82) is 5.26 Å². The standard InChI is InChI=1S/C11H6F3N5/c12-6-2-1-4(7(13)8(6)14)9-5(3-15)10(16)19-11(17)18-9/h1-2H,(H4,16,17,18,19). The highest BCUT2D eigenvalue weighted by atomic mass is 19.2. The Morgan fingerprint density at radius 3 is 2.37 bits per heavy atom. The SMILES string of the molecule is N#Cc1c(N)nc(N)nc1-c1ccc(F)c(F)c1F. The molecular weight excluding hydrogens is 259 g/mol. The minimum Gasteiger partial charge on any atom is -0.382 e. The molecule has 0 unspecified atom stereocenters. The maximum absolute atomic E-state index is 13.7. The Hall–Kier alpha value is -2.82. The van der Waals surface area contributed by atoms with Gasteiger partial charge >= 0.3 is 0 Å². The molecule has 1 aromatic heterocycles. The average Bonchev–Trinajstić information content (AvgIpc) is 2.35. The molecule has 0 aliphatic carbocycles. The van der Waals surface area contributed by atoms with E-state index >= 15 is 0 Å². The maximum atomic E-state index is 13.7. The van der Waals surface area contributed by atoms with Crippen LogP contribution in [0.5, 0.6) is 0 Å². The lowest BCUT2D eigenvalue weighted by Crippen LogP contribution is -2.06. The maximum Gasteiger partial charge on any atom is 0.222 e. The topological polar surface area (TPSA) is 102 Å². The Morgan fingerprint density at radius 1 is 1.05 bits per heavy atom. The van der Waals surface area contributed by atoms with Crippen LogP contribution in [-0.2, 0) is 0 Å². The Balaban J connectivity index is 2.80. The lowest BCUT2D eigenvalue weighted by molar-refractivity contribution is 0.449. The van der Waals surface area contributed by atoms with Crippen LogP contribution in [0.4, 0.5) is 24.9 Å². The van der Waals surface area contributed by atoms with Crippen LogP contribution in [-0.4, -0.2) is 9.97 Å². The molecule has 0 amide bonds. The summed E-state index contributed by atoms with van der Waals surface area (Å²) in [6.07, 6.45) is 0. The van der Waals surface area contributed by atoms with E-state index in [4.69, 9.17) is 16.7 Å². The van der Waals surface area contributed by atoms with Crippen molar-refractivity contribution in [2.24, 2.45) is 0 Å². The van der Waals surface area contributed by atoms with Crippen molar-refractivity contribution in [3.8, 4) is 17.3 Å². The zero-order chi connectivity index (χ0) is 14.2. The molecule has 2 rings (SSSR count). The number of aromatic nitrogens is 2. The number of nitriles is 1. The molecule has 1 heterocycles. The molecule has 0 spiro atoms. The van der Waals surface area contributed by atoms with Gasteiger partial charge in [0.1, 0.15) is 17.5 Å². The average molecular weight is 265 g/mol. The third-order valence-electron chi connectivity index (χ3n) is 2.36. The molecule has 0 atom stereocenters. The Labute approximate surface area is 105 Å². The second-order valence-electron chi connectivity index (χ2n) is 3.53. The van der Waals surface area contributed by atoms with Gasteiger partial charge in [-0.05, 0) is 12.1 Å². The minimum absolute atomic E-state index is 0.265. The Kier molecular flexibility index (Phi) is 2.96. The predicted octanol–water partition coefficient (Wildman–Crippen LogP) is 1.60. The molecule has 0 fully saturated rings. The number of nitrogen functional groups attached to an aromatic ring is 2. The molecule has 5 nitrogen and oxygen atoms in total. The second kappa shape index (κ2) is 4.45. The summed E-state index contributed by atoms with van der Waals surface area (Å²) in [7, 11) is 0. The number of anilines is 2. The van der Waals surface area contributed by atoms with Crippen LogP contribution in [0.15, 0.2) is 12.1 Å². The van der Waals surface area contributed by atoms with Gasteiger partial charge in [0.05, 0.1) is 5.69 Å². The van der Waals surface area contributed by atoms with Gasteiger partial charge in [0.2, 0.25) is 5.95 Å². The van der Waals surface area contributed by atoms with E-state index < -0.39 is 23.0 Å². The molecule has 1 aromatic carbocycles. The number of benzene rings is 1. The molecular formula is C11H6F3N5. The third-order valence-corrected chi connectivity index (χ3v) is 2.36. The molecule has 4 N–H and O–H groups in total. The summed E-state index contributed by atoms with van der Waals surface area (Å²) < 4.78 is 39.7. The first-order chi connectivity index (χ1) is 8.95. The Morgan fingerprint density at radius 2 is 1.74 bits per heavy atom. The predicted molar refractivity (Wildman–Crippen MR) is 60.9 cm³/mol.